The van der Waals surface area contributed by atoms with Gasteiger partial charge in [0.25, 0.3) is 0 Å². The molecule has 0 radical (unpaired) electrons. The Morgan fingerprint density at radius 2 is 1.13 bits per heavy atom. The van der Waals surface area contributed by atoms with Crippen LogP contribution < -0.4 is 0 Å². The highest BCUT2D eigenvalue weighted by Crippen LogP contribution is 2.67. The lowest BCUT2D eigenvalue weighted by Crippen LogP contribution is -2.55. The lowest BCUT2D eigenvalue weighted by Gasteiger charge is -2.54. The molecule has 0 aliphatic heterocycles. The molecule has 0 aromatic heterocycles. The van der Waals surface area contributed by atoms with Crippen molar-refractivity contribution in [2.24, 2.45) is 34.5 Å². The number of hydrogen-bond acceptors (Lipinski definition) is 7. The summed E-state index contributed by atoms with van der Waals surface area (Å²) in [6, 6.07) is 5.89. The molecule has 9 nitrogen and oxygen atoms in total. The number of rotatable bonds is 5. The molecule has 280 valence electrons. The summed E-state index contributed by atoms with van der Waals surface area (Å²) in [5, 5.41) is 80.0. The number of aliphatic hydroxyl groups is 3. The van der Waals surface area contributed by atoms with Crippen LogP contribution in [0.2, 0.25) is 0 Å². The van der Waals surface area contributed by atoms with Crippen LogP contribution in [-0.4, -0.2) is 65.0 Å². The largest absolute Gasteiger partial charge is 0.508 e. The smallest absolute Gasteiger partial charge is 0.334 e. The predicted molar refractivity (Wildman–Crippen MR) is 195 cm³/mol. The van der Waals surface area contributed by atoms with Crippen LogP contribution >= 0.6 is 0 Å². The van der Waals surface area contributed by atoms with Gasteiger partial charge in [0.05, 0.1) is 0 Å². The summed E-state index contributed by atoms with van der Waals surface area (Å²) in [7, 11) is 0. The monoisotopic (exact) mass is 722 g/mol. The zero-order valence-corrected chi connectivity index (χ0v) is 30.4. The maximum absolute atomic E-state index is 14.3. The number of benzene rings is 2. The van der Waals surface area contributed by atoms with E-state index in [1.165, 1.54) is 12.1 Å². The first kappa shape index (κ1) is 36.0. The minimum Gasteiger partial charge on any atom is -0.508 e. The minimum atomic E-state index is -2.62. The van der Waals surface area contributed by atoms with E-state index in [4.69, 9.17) is 12.8 Å². The van der Waals surface area contributed by atoms with Crippen LogP contribution in [0.5, 0.6) is 11.5 Å². The Hall–Kier alpha value is -4.02. The fourth-order valence-electron chi connectivity index (χ4n) is 13.6. The van der Waals surface area contributed by atoms with Crippen LogP contribution in [0.15, 0.2) is 24.3 Å². The van der Waals surface area contributed by atoms with Crippen molar-refractivity contribution in [2.75, 3.05) is 0 Å². The summed E-state index contributed by atoms with van der Waals surface area (Å²) >= 11 is 0. The Morgan fingerprint density at radius 3 is 1.49 bits per heavy atom. The zero-order chi connectivity index (χ0) is 38.0. The molecule has 0 saturated heterocycles. The van der Waals surface area contributed by atoms with Crippen LogP contribution in [0.25, 0.3) is 0 Å². The lowest BCUT2D eigenvalue weighted by atomic mass is 9.50. The van der Waals surface area contributed by atoms with Crippen molar-refractivity contribution in [1.29, 1.82) is 0 Å². The van der Waals surface area contributed by atoms with Gasteiger partial charge in [-0.15, -0.1) is 12.8 Å². The molecule has 6 aliphatic carbocycles. The summed E-state index contributed by atoms with van der Waals surface area (Å²) in [6.07, 6.45) is 16.3. The van der Waals surface area contributed by atoms with E-state index in [1.54, 1.807) is 12.1 Å². The van der Waals surface area contributed by atoms with Gasteiger partial charge in [-0.25, -0.2) is 4.79 Å². The molecule has 4 saturated carbocycles. The third-order valence-electron chi connectivity index (χ3n) is 16.2. The van der Waals surface area contributed by atoms with Gasteiger partial charge >= 0.3 is 11.9 Å². The fourth-order valence-corrected chi connectivity index (χ4v) is 13.6. The number of hydrogen-bond donors (Lipinski definition) is 7. The second kappa shape index (κ2) is 11.7. The second-order valence-corrected chi connectivity index (χ2v) is 17.8. The third-order valence-corrected chi connectivity index (χ3v) is 16.2. The van der Waals surface area contributed by atoms with Gasteiger partial charge in [-0.3, -0.25) is 4.79 Å². The summed E-state index contributed by atoms with van der Waals surface area (Å²) in [5.41, 5.74) is -3.56. The molecule has 0 spiro atoms. The molecule has 53 heavy (non-hydrogen) atoms. The standard InChI is InChI=1S/C44H50O9/c1-5-42(52)17-13-31-27-9-7-23-19-25(45)21-33(35(23)29(27)11-15-40(31,42)3)44(39(50)51,37(47)38(48)49)34-22-26(46)20-24-8-10-28-30(36(24)34)12-16-41(4)32(28)14-18-43(41,53)6-2/h1-2,19-22,27-32,37,45-47,52-53H,7-18H2,3-4H3,(H,48,49)(H,50,51)/t27-,28-,29+,30+,31+,32+,37?,40?,41?,42+,43+,44?/m1/s1. The van der Waals surface area contributed by atoms with Gasteiger partial charge in [-0.1, -0.05) is 25.7 Å². The van der Waals surface area contributed by atoms with Crippen molar-refractivity contribution in [3.8, 4) is 36.2 Å². The van der Waals surface area contributed by atoms with E-state index in [9.17, 15) is 45.3 Å². The predicted octanol–water partition coefficient (Wildman–Crippen LogP) is 5.35. The molecule has 4 fully saturated rings. The number of phenols is 2. The topological polar surface area (TPSA) is 176 Å². The molecule has 7 N–H and O–H groups in total. The highest BCUT2D eigenvalue weighted by atomic mass is 16.4. The van der Waals surface area contributed by atoms with E-state index in [0.717, 1.165) is 12.8 Å². The molecule has 3 unspecified atom stereocenters. The molecule has 0 amide bonds. The maximum Gasteiger partial charge on any atom is 0.334 e. The Labute approximate surface area is 310 Å². The number of carboxylic acids is 2. The average Bonchev–Trinajstić information content (AvgIpc) is 3.56. The number of phenolic OH excluding ortho intramolecular Hbond substituents is 2. The molecular weight excluding hydrogens is 672 g/mol. The zero-order valence-electron chi connectivity index (χ0n) is 30.4. The van der Waals surface area contributed by atoms with E-state index in [1.807, 2.05) is 13.8 Å². The summed E-state index contributed by atoms with van der Waals surface area (Å²) < 4.78 is 0. The number of aryl methyl sites for hydroxylation is 2. The first-order valence-electron chi connectivity index (χ1n) is 19.3. The second-order valence-electron chi connectivity index (χ2n) is 17.8. The molecular formula is C44H50O9. The normalized spacial score (nSPS) is 39.7. The van der Waals surface area contributed by atoms with Crippen LogP contribution in [-0.2, 0) is 27.8 Å². The number of carbonyl (C=O) groups is 2. The molecule has 0 heterocycles. The van der Waals surface area contributed by atoms with Gasteiger partial charge in [-0.2, -0.15) is 0 Å². The molecule has 0 bridgehead atoms. The number of terminal acetylenes is 2. The first-order valence-corrected chi connectivity index (χ1v) is 19.3. The summed E-state index contributed by atoms with van der Waals surface area (Å²) in [6.45, 7) is 4.09. The number of aliphatic hydroxyl groups excluding tert-OH is 1. The molecule has 11 atom stereocenters. The van der Waals surface area contributed by atoms with Crippen LogP contribution in [0.4, 0.5) is 0 Å². The number of carboxylic acid groups (broad SMARTS) is 2. The van der Waals surface area contributed by atoms with E-state index >= 15 is 0 Å². The average molecular weight is 723 g/mol. The highest BCUT2D eigenvalue weighted by Gasteiger charge is 2.65. The SMILES string of the molecule is C#C[C@]1(O)CC[C@H]2[C@@H]3CCc4cc(O)cc(C(C(=O)O)(c5cc(O)cc6c5[C@H]5CCC7(C)[C@@H](CC[C@@]7(O)C#C)[C@@H]5CC6)C(O)C(=O)O)c4[C@H]3CCC21C. The fraction of sp³-hybridized carbons (Fsp3) is 0.591. The van der Waals surface area contributed by atoms with Crippen molar-refractivity contribution < 1.29 is 45.3 Å². The van der Waals surface area contributed by atoms with Crippen LogP contribution in [0.3, 0.4) is 0 Å². The first-order chi connectivity index (χ1) is 25.0. The highest BCUT2D eigenvalue weighted by molar-refractivity contribution is 5.95. The van der Waals surface area contributed by atoms with Gasteiger partial charge in [0.2, 0.25) is 0 Å². The summed E-state index contributed by atoms with van der Waals surface area (Å²) in [5.74, 6) is 1.12. The lowest BCUT2D eigenvalue weighted by molar-refractivity contribution is -0.160. The van der Waals surface area contributed by atoms with Crippen LogP contribution in [0.1, 0.15) is 123 Å². The van der Waals surface area contributed by atoms with Crippen molar-refractivity contribution in [3.05, 3.63) is 57.6 Å². The molecule has 8 rings (SSSR count). The van der Waals surface area contributed by atoms with Gasteiger partial charge < -0.3 is 35.7 Å². The molecule has 2 aromatic rings. The van der Waals surface area contributed by atoms with Gasteiger partial charge in [0, 0.05) is 10.8 Å². The summed E-state index contributed by atoms with van der Waals surface area (Å²) in [4.78, 5) is 27.4. The molecule has 6 aliphatic rings. The van der Waals surface area contributed by atoms with E-state index < -0.39 is 45.5 Å². The van der Waals surface area contributed by atoms with E-state index in [-0.39, 0.29) is 58.1 Å². The van der Waals surface area contributed by atoms with Crippen LogP contribution in [0, 0.1) is 59.2 Å². The molecule has 2 aromatic carbocycles. The minimum absolute atomic E-state index is 0.00357. The van der Waals surface area contributed by atoms with Crippen molar-refractivity contribution >= 4 is 11.9 Å². The van der Waals surface area contributed by atoms with Crippen molar-refractivity contribution in [3.63, 3.8) is 0 Å². The van der Waals surface area contributed by atoms with E-state index in [2.05, 4.69) is 11.8 Å². The third kappa shape index (κ3) is 4.51. The van der Waals surface area contributed by atoms with Crippen molar-refractivity contribution in [1.82, 2.24) is 0 Å². The Morgan fingerprint density at radius 1 is 0.717 bits per heavy atom. The van der Waals surface area contributed by atoms with E-state index in [0.29, 0.717) is 86.5 Å². The maximum atomic E-state index is 14.3. The Balaban J connectivity index is 1.35. The van der Waals surface area contributed by atoms with Gasteiger partial charge in [0.1, 0.15) is 22.7 Å². The Bertz CT molecular complexity index is 1880. The van der Waals surface area contributed by atoms with Gasteiger partial charge in [0.15, 0.2) is 11.5 Å². The van der Waals surface area contributed by atoms with Gasteiger partial charge in [-0.05, 0) is 170 Å². The molecule has 9 heteroatoms. The van der Waals surface area contributed by atoms with Crippen molar-refractivity contribution in [2.45, 2.75) is 125 Å². The number of aliphatic carboxylic acids is 2. The quantitative estimate of drug-likeness (QED) is 0.201. The number of fused-ring (bicyclic) bond motifs is 10. The Kier molecular flexibility index (Phi) is 7.97. The number of aromatic hydroxyl groups is 2.